The van der Waals surface area contributed by atoms with E-state index in [4.69, 9.17) is 16.2 Å². The first-order chi connectivity index (χ1) is 8.52. The molecule has 1 fully saturated rings. The van der Waals surface area contributed by atoms with Crippen LogP contribution in [0, 0.1) is 49.9 Å². The molecule has 0 bridgehead atoms. The Kier molecular flexibility index (Phi) is 5.71. The molecule has 0 spiro atoms. The van der Waals surface area contributed by atoms with Crippen molar-refractivity contribution in [3.8, 4) is 0 Å². The number of ether oxygens (including phenoxy) is 1. The molecule has 1 heterocycles. The minimum absolute atomic E-state index is 0. The van der Waals surface area contributed by atoms with Gasteiger partial charge in [-0.15, -0.1) is 6.54 Å². The molecule has 1 aliphatic heterocycles. The minimum atomic E-state index is -0.868. The summed E-state index contributed by atoms with van der Waals surface area (Å²) in [4.78, 5) is 23.6. The Labute approximate surface area is 144 Å². The average molecular weight is 479 g/mol. The Bertz CT molecular complexity index is 512. The number of benzene rings is 1. The second-order valence-electron chi connectivity index (χ2n) is 3.85. The van der Waals surface area contributed by atoms with Gasteiger partial charge in [0.05, 0.1) is 17.8 Å². The predicted molar refractivity (Wildman–Crippen MR) is 61.7 cm³/mol. The van der Waals surface area contributed by atoms with E-state index in [1.54, 1.807) is 0 Å². The van der Waals surface area contributed by atoms with Crippen molar-refractivity contribution >= 4 is 17.7 Å². The number of nitrogens with zero attached hydrogens (tertiary/aromatic N) is 1. The maximum Gasteiger partial charge on any atom is 0.414 e. The quantitative estimate of drug-likeness (QED) is 0.708. The van der Waals surface area contributed by atoms with Crippen molar-refractivity contribution in [1.29, 1.82) is 0 Å². The van der Waals surface area contributed by atoms with Gasteiger partial charge in [0.1, 0.15) is 11.9 Å². The molecule has 0 aromatic heterocycles. The van der Waals surface area contributed by atoms with Crippen molar-refractivity contribution in [3.63, 3.8) is 0 Å². The van der Waals surface area contributed by atoms with Gasteiger partial charge in [-0.25, -0.2) is 9.18 Å². The largest absolute Gasteiger partial charge is 0.674 e. The van der Waals surface area contributed by atoms with Crippen molar-refractivity contribution in [2.24, 2.45) is 5.73 Å². The van der Waals surface area contributed by atoms with Crippen LogP contribution >= 0.6 is 0 Å². The normalized spacial score (nSPS) is 17.9. The summed E-state index contributed by atoms with van der Waals surface area (Å²) in [5, 5.41) is 0. The molecule has 1 atom stereocenters. The van der Waals surface area contributed by atoms with Crippen LogP contribution in [0.3, 0.4) is 0 Å². The first kappa shape index (κ1) is 16.3. The van der Waals surface area contributed by atoms with Crippen molar-refractivity contribution in [2.45, 2.75) is 6.10 Å². The van der Waals surface area contributed by atoms with Gasteiger partial charge in [0.15, 0.2) is 0 Å². The molecule has 1 aromatic carbocycles. The summed E-state index contributed by atoms with van der Waals surface area (Å²) < 4.78 is 18.4. The van der Waals surface area contributed by atoms with E-state index in [1.807, 2.05) is 0 Å². The van der Waals surface area contributed by atoms with Crippen LogP contribution in [0.25, 0.3) is 5.73 Å². The standard InChI is InChI=1S/C11H11FN3O3.Ac/c12-9-3-6(1-2-8(9)10(14)16)15-5-7(4-13)18-11(15)17;/h1-3,7,13H,4-5H2,(H2,14,16);/q-1;/t7-;/m0./s1. The van der Waals surface area contributed by atoms with E-state index >= 15 is 0 Å². The van der Waals surface area contributed by atoms with Gasteiger partial charge in [0, 0.05) is 44.1 Å². The molecular weight excluding hydrogens is 468 g/mol. The molecule has 3 N–H and O–H groups in total. The Balaban J connectivity index is 0.00000180. The Morgan fingerprint density at radius 2 is 2.26 bits per heavy atom. The van der Waals surface area contributed by atoms with Crippen LogP contribution in [0.5, 0.6) is 0 Å². The summed E-state index contributed by atoms with van der Waals surface area (Å²) in [7, 11) is 0. The number of cyclic esters (lactones) is 1. The average Bonchev–Trinajstić information content (AvgIpc) is 2.70. The SMILES string of the molecule is [Ac].[NH-]C[C@H]1CN(c2ccc(C(N)=O)c(F)c2)C(=O)O1. The van der Waals surface area contributed by atoms with Gasteiger partial charge in [0.25, 0.3) is 5.91 Å². The van der Waals surface area contributed by atoms with Crippen LogP contribution in [-0.4, -0.2) is 31.2 Å². The second kappa shape index (κ2) is 6.64. The van der Waals surface area contributed by atoms with E-state index in [-0.39, 0.29) is 68.4 Å². The molecule has 0 aliphatic carbocycles. The van der Waals surface area contributed by atoms with Crippen molar-refractivity contribution in [1.82, 2.24) is 0 Å². The third-order valence-corrected chi connectivity index (χ3v) is 2.63. The van der Waals surface area contributed by atoms with Gasteiger partial charge in [-0.3, -0.25) is 9.69 Å². The number of hydrogen-bond acceptors (Lipinski definition) is 3. The van der Waals surface area contributed by atoms with Crippen LogP contribution < -0.4 is 10.6 Å². The van der Waals surface area contributed by atoms with E-state index in [0.29, 0.717) is 0 Å². The van der Waals surface area contributed by atoms with Crippen molar-refractivity contribution in [3.05, 3.63) is 35.3 Å². The maximum absolute atomic E-state index is 13.5. The number of carbonyl (C=O) groups is 2. The Hall–Kier alpha value is -0.708. The number of primary amides is 1. The predicted octanol–water partition coefficient (Wildman–Crippen LogP) is 1.30. The molecule has 0 saturated carbocycles. The molecule has 1 aromatic rings. The minimum Gasteiger partial charge on any atom is -0.674 e. The van der Waals surface area contributed by atoms with Gasteiger partial charge in [-0.1, -0.05) is 0 Å². The van der Waals surface area contributed by atoms with E-state index in [2.05, 4.69) is 0 Å². The zero-order valence-electron chi connectivity index (χ0n) is 9.93. The van der Waals surface area contributed by atoms with E-state index in [0.717, 1.165) is 6.07 Å². The topological polar surface area (TPSA) is 96.4 Å². The molecule has 2 rings (SSSR count). The van der Waals surface area contributed by atoms with Crippen LogP contribution in [0.2, 0.25) is 0 Å². The number of nitrogens with one attached hydrogen (secondary N) is 1. The Morgan fingerprint density at radius 3 is 2.74 bits per heavy atom. The zero-order valence-corrected chi connectivity index (χ0v) is 14.7. The number of anilines is 1. The van der Waals surface area contributed by atoms with E-state index < -0.39 is 23.9 Å². The van der Waals surface area contributed by atoms with E-state index in [9.17, 15) is 14.0 Å². The third-order valence-electron chi connectivity index (χ3n) is 2.63. The van der Waals surface area contributed by atoms with Gasteiger partial charge in [-0.2, -0.15) is 0 Å². The second-order valence-corrected chi connectivity index (χ2v) is 3.85. The molecule has 0 unspecified atom stereocenters. The summed E-state index contributed by atoms with van der Waals surface area (Å²) >= 11 is 0. The summed E-state index contributed by atoms with van der Waals surface area (Å²) in [6, 6.07) is 3.68. The Morgan fingerprint density at radius 1 is 1.58 bits per heavy atom. The number of nitrogens with two attached hydrogens (primary N) is 1. The van der Waals surface area contributed by atoms with Crippen LogP contribution in [-0.2, 0) is 4.74 Å². The number of halogens is 1. The molecule has 1 radical (unpaired) electrons. The molecular formula is C11H11AcFN3O3-. The third kappa shape index (κ3) is 3.44. The number of amides is 2. The van der Waals surface area contributed by atoms with E-state index in [1.165, 1.54) is 17.0 Å². The molecule has 19 heavy (non-hydrogen) atoms. The number of rotatable bonds is 3. The molecule has 2 amide bonds. The molecule has 1 saturated heterocycles. The smallest absolute Gasteiger partial charge is 0.414 e. The number of hydrogen-bond donors (Lipinski definition) is 1. The fourth-order valence-corrected chi connectivity index (χ4v) is 1.71. The molecule has 8 heteroatoms. The first-order valence-electron chi connectivity index (χ1n) is 5.25. The fraction of sp³-hybridized carbons (Fsp3) is 0.273. The molecule has 1 aliphatic rings. The van der Waals surface area contributed by atoms with Gasteiger partial charge in [-0.05, 0) is 18.2 Å². The molecule has 6 nitrogen and oxygen atoms in total. The zero-order chi connectivity index (χ0) is 13.3. The van der Waals surface area contributed by atoms with Gasteiger partial charge >= 0.3 is 6.09 Å². The van der Waals surface area contributed by atoms with Gasteiger partial charge in [0.2, 0.25) is 0 Å². The van der Waals surface area contributed by atoms with Crippen LogP contribution in [0.1, 0.15) is 10.4 Å². The monoisotopic (exact) mass is 479 g/mol. The molecule has 99 valence electrons. The fourth-order valence-electron chi connectivity index (χ4n) is 1.71. The van der Waals surface area contributed by atoms with Crippen molar-refractivity contribution in [2.75, 3.05) is 18.0 Å². The summed E-state index contributed by atoms with van der Waals surface area (Å²) in [5.74, 6) is -1.66. The van der Waals surface area contributed by atoms with Crippen LogP contribution in [0.4, 0.5) is 14.9 Å². The summed E-state index contributed by atoms with van der Waals surface area (Å²) in [6.45, 7) is 0.141. The van der Waals surface area contributed by atoms with Gasteiger partial charge < -0.3 is 16.2 Å². The van der Waals surface area contributed by atoms with Crippen LogP contribution in [0.15, 0.2) is 18.2 Å². The first-order valence-corrected chi connectivity index (χ1v) is 5.25. The maximum atomic E-state index is 13.5. The summed E-state index contributed by atoms with van der Waals surface area (Å²) in [5.41, 5.74) is 12.2. The van der Waals surface area contributed by atoms with Crippen molar-refractivity contribution < 1.29 is 62.8 Å². The number of carbonyl (C=O) groups excluding carboxylic acids is 2. The summed E-state index contributed by atoms with van der Waals surface area (Å²) in [6.07, 6.45) is -1.14.